The van der Waals surface area contributed by atoms with Crippen molar-refractivity contribution in [1.82, 2.24) is 5.32 Å². The minimum Gasteiger partial charge on any atom is -0.479 e. The fourth-order valence-corrected chi connectivity index (χ4v) is 2.21. The quantitative estimate of drug-likeness (QED) is 0.858. The third kappa shape index (κ3) is 4.22. The molecule has 1 amide bonds. The average Bonchev–Trinajstić information content (AvgIpc) is 2.87. The maximum atomic E-state index is 13.0. The Morgan fingerprint density at radius 2 is 1.81 bits per heavy atom. The minimum absolute atomic E-state index is 0.194. The van der Waals surface area contributed by atoms with Crippen LogP contribution in [-0.4, -0.2) is 35.7 Å². The number of hydrogen-bond acceptors (Lipinski definition) is 3. The fraction of sp³-hybridized carbons (Fsp3) is 0.429. The van der Waals surface area contributed by atoms with Gasteiger partial charge in [0.15, 0.2) is 6.10 Å². The number of nitrogens with one attached hydrogen (secondary N) is 1. The van der Waals surface area contributed by atoms with Crippen molar-refractivity contribution in [2.75, 3.05) is 6.54 Å². The van der Waals surface area contributed by atoms with Gasteiger partial charge in [0.05, 0.1) is 0 Å². The number of carboxylic acid groups (broad SMARTS) is 1. The van der Waals surface area contributed by atoms with Gasteiger partial charge >= 0.3 is 5.97 Å². The van der Waals surface area contributed by atoms with Gasteiger partial charge in [-0.1, -0.05) is 0 Å². The molecular weight excluding hydrogens is 284 g/mol. The number of rotatable bonds is 5. The summed E-state index contributed by atoms with van der Waals surface area (Å²) >= 11 is 0. The monoisotopic (exact) mass is 299 g/mol. The van der Waals surface area contributed by atoms with Gasteiger partial charge in [-0.3, -0.25) is 4.79 Å². The molecule has 114 valence electrons. The van der Waals surface area contributed by atoms with E-state index in [2.05, 4.69) is 5.32 Å². The van der Waals surface area contributed by atoms with Crippen LogP contribution in [0.25, 0.3) is 0 Å². The van der Waals surface area contributed by atoms with Crippen molar-refractivity contribution < 1.29 is 28.2 Å². The van der Waals surface area contributed by atoms with E-state index in [1.54, 1.807) is 0 Å². The fourth-order valence-electron chi connectivity index (χ4n) is 2.21. The van der Waals surface area contributed by atoms with Gasteiger partial charge in [-0.15, -0.1) is 0 Å². The average molecular weight is 299 g/mol. The van der Waals surface area contributed by atoms with E-state index < -0.39 is 35.7 Å². The highest BCUT2D eigenvalue weighted by Gasteiger charge is 2.34. The van der Waals surface area contributed by atoms with E-state index in [1.807, 2.05) is 0 Å². The van der Waals surface area contributed by atoms with Crippen molar-refractivity contribution in [1.29, 1.82) is 0 Å². The predicted octanol–water partition coefficient (Wildman–Crippen LogP) is 1.26. The van der Waals surface area contributed by atoms with E-state index in [9.17, 15) is 18.4 Å². The van der Waals surface area contributed by atoms with Gasteiger partial charge in [-0.25, -0.2) is 13.6 Å². The van der Waals surface area contributed by atoms with Gasteiger partial charge < -0.3 is 15.2 Å². The Morgan fingerprint density at radius 3 is 2.38 bits per heavy atom. The van der Waals surface area contributed by atoms with Crippen LogP contribution in [0.4, 0.5) is 8.78 Å². The molecule has 7 heteroatoms. The van der Waals surface area contributed by atoms with Crippen molar-refractivity contribution in [3.8, 4) is 0 Å². The minimum atomic E-state index is -1.08. The summed E-state index contributed by atoms with van der Waals surface area (Å²) in [5.41, 5.74) is 0.434. The molecule has 0 aromatic heterocycles. The summed E-state index contributed by atoms with van der Waals surface area (Å²) in [5.74, 6) is -2.82. The molecule has 0 radical (unpaired) electrons. The number of aliphatic carboxylic acids is 1. The zero-order valence-corrected chi connectivity index (χ0v) is 11.1. The summed E-state index contributed by atoms with van der Waals surface area (Å²) < 4.78 is 31.0. The van der Waals surface area contributed by atoms with Crippen LogP contribution in [-0.2, 0) is 20.7 Å². The number of ether oxygens (including phenoxy) is 1. The maximum Gasteiger partial charge on any atom is 0.332 e. The van der Waals surface area contributed by atoms with Crippen LogP contribution in [0, 0.1) is 11.6 Å². The first kappa shape index (κ1) is 15.4. The molecule has 1 saturated heterocycles. The number of carbonyl (C=O) groups is 2. The van der Waals surface area contributed by atoms with E-state index in [-0.39, 0.29) is 13.0 Å². The first-order valence-corrected chi connectivity index (χ1v) is 6.56. The zero-order valence-electron chi connectivity index (χ0n) is 11.1. The molecule has 0 saturated carbocycles. The second-order valence-corrected chi connectivity index (χ2v) is 4.85. The van der Waals surface area contributed by atoms with Crippen LogP contribution >= 0.6 is 0 Å². The van der Waals surface area contributed by atoms with Crippen LogP contribution in [0.5, 0.6) is 0 Å². The van der Waals surface area contributed by atoms with E-state index in [0.29, 0.717) is 18.4 Å². The van der Waals surface area contributed by atoms with Gasteiger partial charge in [0.25, 0.3) is 0 Å². The summed E-state index contributed by atoms with van der Waals surface area (Å²) in [7, 11) is 0. The van der Waals surface area contributed by atoms with Crippen LogP contribution < -0.4 is 5.32 Å². The predicted molar refractivity (Wildman–Crippen MR) is 68.6 cm³/mol. The Balaban J connectivity index is 1.78. The Kier molecular flexibility index (Phi) is 4.85. The van der Waals surface area contributed by atoms with Gasteiger partial charge in [-0.2, -0.15) is 0 Å². The lowest BCUT2D eigenvalue weighted by Crippen LogP contribution is -2.36. The first-order valence-electron chi connectivity index (χ1n) is 6.56. The Morgan fingerprint density at radius 1 is 1.19 bits per heavy atom. The highest BCUT2D eigenvalue weighted by atomic mass is 19.1. The molecule has 2 rings (SSSR count). The summed E-state index contributed by atoms with van der Waals surface area (Å²) in [4.78, 5) is 22.5. The van der Waals surface area contributed by atoms with Gasteiger partial charge in [0.2, 0.25) is 5.91 Å². The summed E-state index contributed by atoms with van der Waals surface area (Å²) in [6, 6.07) is 3.17. The van der Waals surface area contributed by atoms with Crippen molar-refractivity contribution in [3.05, 3.63) is 35.4 Å². The van der Waals surface area contributed by atoms with Gasteiger partial charge in [0, 0.05) is 12.6 Å². The summed E-state index contributed by atoms with van der Waals surface area (Å²) in [6.45, 7) is 0.194. The molecule has 0 unspecified atom stereocenters. The molecule has 21 heavy (non-hydrogen) atoms. The second-order valence-electron chi connectivity index (χ2n) is 4.85. The molecule has 1 heterocycles. The standard InChI is InChI=1S/C14H15F2NO4/c15-9-5-8(6-10(16)7-9)3-4-17-13(18)11-1-2-12(21-11)14(19)20/h5-7,11-12H,1-4H2,(H,17,18)(H,19,20)/t11-,12+/m0/s1. The van der Waals surface area contributed by atoms with E-state index in [4.69, 9.17) is 9.84 Å². The van der Waals surface area contributed by atoms with Gasteiger partial charge in [0.1, 0.15) is 17.7 Å². The molecule has 1 fully saturated rings. The SMILES string of the molecule is O=C(NCCc1cc(F)cc(F)c1)[C@@H]1CC[C@H](C(=O)O)O1. The normalized spacial score (nSPS) is 21.2. The van der Waals surface area contributed by atoms with Crippen molar-refractivity contribution >= 4 is 11.9 Å². The lowest BCUT2D eigenvalue weighted by molar-refractivity contribution is -0.151. The highest BCUT2D eigenvalue weighted by molar-refractivity contribution is 5.82. The largest absolute Gasteiger partial charge is 0.479 e. The van der Waals surface area contributed by atoms with Crippen molar-refractivity contribution in [2.45, 2.75) is 31.5 Å². The third-order valence-corrected chi connectivity index (χ3v) is 3.22. The molecule has 1 aliphatic heterocycles. The Hall–Kier alpha value is -2.02. The van der Waals surface area contributed by atoms with Crippen LogP contribution in [0.2, 0.25) is 0 Å². The number of carbonyl (C=O) groups excluding carboxylic acids is 1. The lowest BCUT2D eigenvalue weighted by Gasteiger charge is -2.11. The van der Waals surface area contributed by atoms with Crippen molar-refractivity contribution in [2.24, 2.45) is 0 Å². The summed E-state index contributed by atoms with van der Waals surface area (Å²) in [5, 5.41) is 11.3. The molecule has 0 spiro atoms. The number of benzene rings is 1. The van der Waals surface area contributed by atoms with E-state index in [0.717, 1.165) is 6.07 Å². The zero-order chi connectivity index (χ0) is 15.4. The lowest BCUT2D eigenvalue weighted by atomic mass is 10.1. The summed E-state index contributed by atoms with van der Waals surface area (Å²) in [6.07, 6.45) is -0.816. The smallest absolute Gasteiger partial charge is 0.332 e. The van der Waals surface area contributed by atoms with E-state index >= 15 is 0 Å². The molecular formula is C14H15F2NO4. The molecule has 0 aliphatic carbocycles. The van der Waals surface area contributed by atoms with Crippen LogP contribution in [0.3, 0.4) is 0 Å². The maximum absolute atomic E-state index is 13.0. The molecule has 0 bridgehead atoms. The molecule has 1 aliphatic rings. The number of carboxylic acids is 1. The number of amides is 1. The van der Waals surface area contributed by atoms with Crippen LogP contribution in [0.1, 0.15) is 18.4 Å². The number of hydrogen-bond donors (Lipinski definition) is 2. The molecule has 1 aromatic rings. The molecule has 5 nitrogen and oxygen atoms in total. The Bertz CT molecular complexity index is 530. The Labute approximate surface area is 119 Å². The first-order chi connectivity index (χ1) is 9.95. The van der Waals surface area contributed by atoms with Gasteiger partial charge in [-0.05, 0) is 37.0 Å². The molecule has 1 aromatic carbocycles. The van der Waals surface area contributed by atoms with E-state index in [1.165, 1.54) is 12.1 Å². The molecule has 2 atom stereocenters. The molecule has 2 N–H and O–H groups in total. The van der Waals surface area contributed by atoms with Crippen LogP contribution in [0.15, 0.2) is 18.2 Å². The number of halogens is 2. The second kappa shape index (κ2) is 6.62. The van der Waals surface area contributed by atoms with Crippen molar-refractivity contribution in [3.63, 3.8) is 0 Å². The third-order valence-electron chi connectivity index (χ3n) is 3.22. The topological polar surface area (TPSA) is 75.6 Å². The highest BCUT2D eigenvalue weighted by Crippen LogP contribution is 2.19.